The standard InChI is InChI=1S/C13H20IN/c1-10(11(2)9-15-3)8-12-4-6-13(14)7-5-12/h4-7,10-11,15H,8-9H2,1-3H3. The third-order valence-corrected chi connectivity index (χ3v) is 3.69. The fourth-order valence-corrected chi connectivity index (χ4v) is 2.08. The van der Waals surface area contributed by atoms with Gasteiger partial charge >= 0.3 is 0 Å². The van der Waals surface area contributed by atoms with Crippen molar-refractivity contribution in [2.45, 2.75) is 20.3 Å². The topological polar surface area (TPSA) is 12.0 Å². The molecule has 0 amide bonds. The maximum atomic E-state index is 3.24. The van der Waals surface area contributed by atoms with Crippen molar-refractivity contribution in [3.05, 3.63) is 33.4 Å². The van der Waals surface area contributed by atoms with E-state index in [1.807, 2.05) is 7.05 Å². The van der Waals surface area contributed by atoms with Gasteiger partial charge in [-0.25, -0.2) is 0 Å². The summed E-state index contributed by atoms with van der Waals surface area (Å²) >= 11 is 2.35. The van der Waals surface area contributed by atoms with Gasteiger partial charge in [-0.1, -0.05) is 26.0 Å². The molecule has 0 aliphatic carbocycles. The molecule has 1 N–H and O–H groups in total. The van der Waals surface area contributed by atoms with Crippen molar-refractivity contribution >= 4 is 22.6 Å². The minimum absolute atomic E-state index is 0.731. The van der Waals surface area contributed by atoms with Crippen LogP contribution in [-0.2, 0) is 6.42 Å². The Morgan fingerprint density at radius 3 is 2.27 bits per heavy atom. The number of rotatable bonds is 5. The number of benzene rings is 1. The fourth-order valence-electron chi connectivity index (χ4n) is 1.72. The van der Waals surface area contributed by atoms with Gasteiger partial charge < -0.3 is 5.32 Å². The van der Waals surface area contributed by atoms with E-state index < -0.39 is 0 Å². The molecule has 2 unspecified atom stereocenters. The van der Waals surface area contributed by atoms with Crippen molar-refractivity contribution in [3.63, 3.8) is 0 Å². The molecule has 0 radical (unpaired) electrons. The van der Waals surface area contributed by atoms with E-state index in [1.165, 1.54) is 15.6 Å². The summed E-state index contributed by atoms with van der Waals surface area (Å²) in [6, 6.07) is 8.85. The van der Waals surface area contributed by atoms with E-state index in [2.05, 4.69) is 66.0 Å². The quantitative estimate of drug-likeness (QED) is 0.822. The normalized spacial score (nSPS) is 14.9. The Balaban J connectivity index is 2.50. The molecule has 2 heteroatoms. The number of hydrogen-bond acceptors (Lipinski definition) is 1. The summed E-state index contributed by atoms with van der Waals surface area (Å²) < 4.78 is 1.31. The van der Waals surface area contributed by atoms with Crippen LogP contribution in [0.3, 0.4) is 0 Å². The second-order valence-electron chi connectivity index (χ2n) is 4.34. The van der Waals surface area contributed by atoms with Crippen LogP contribution in [0.2, 0.25) is 0 Å². The highest BCUT2D eigenvalue weighted by atomic mass is 127. The lowest BCUT2D eigenvalue weighted by Crippen LogP contribution is -2.23. The third-order valence-electron chi connectivity index (χ3n) is 2.97. The first-order valence-electron chi connectivity index (χ1n) is 5.52. The van der Waals surface area contributed by atoms with Gasteiger partial charge in [-0.3, -0.25) is 0 Å². The van der Waals surface area contributed by atoms with Gasteiger partial charge in [-0.2, -0.15) is 0 Å². The molecule has 0 spiro atoms. The summed E-state index contributed by atoms with van der Waals surface area (Å²) in [5.74, 6) is 1.46. The molecule has 2 atom stereocenters. The maximum Gasteiger partial charge on any atom is 0.0130 e. The molecular weight excluding hydrogens is 297 g/mol. The lowest BCUT2D eigenvalue weighted by molar-refractivity contribution is 0.374. The fraction of sp³-hybridized carbons (Fsp3) is 0.538. The van der Waals surface area contributed by atoms with Gasteiger partial charge in [0.05, 0.1) is 0 Å². The van der Waals surface area contributed by atoms with Gasteiger partial charge in [0.25, 0.3) is 0 Å². The summed E-state index contributed by atoms with van der Waals surface area (Å²) in [4.78, 5) is 0. The Bertz CT molecular complexity index is 281. The van der Waals surface area contributed by atoms with Crippen molar-refractivity contribution in [1.82, 2.24) is 5.32 Å². The molecule has 0 aliphatic heterocycles. The predicted molar refractivity (Wildman–Crippen MR) is 75.1 cm³/mol. The molecule has 0 fully saturated rings. The monoisotopic (exact) mass is 317 g/mol. The van der Waals surface area contributed by atoms with Crippen LogP contribution in [0.15, 0.2) is 24.3 Å². The molecular formula is C13H20IN. The molecule has 1 aromatic carbocycles. The zero-order chi connectivity index (χ0) is 11.3. The minimum Gasteiger partial charge on any atom is -0.319 e. The van der Waals surface area contributed by atoms with Crippen LogP contribution in [0.5, 0.6) is 0 Å². The van der Waals surface area contributed by atoms with Crippen molar-refractivity contribution < 1.29 is 0 Å². The molecule has 0 aromatic heterocycles. The Morgan fingerprint density at radius 2 is 1.73 bits per heavy atom. The SMILES string of the molecule is CNCC(C)C(C)Cc1ccc(I)cc1. The predicted octanol–water partition coefficient (Wildman–Crippen LogP) is 3.33. The van der Waals surface area contributed by atoms with E-state index in [1.54, 1.807) is 0 Å². The molecule has 0 bridgehead atoms. The average Bonchev–Trinajstić information content (AvgIpc) is 2.22. The zero-order valence-corrected chi connectivity index (χ0v) is 11.9. The van der Waals surface area contributed by atoms with E-state index in [9.17, 15) is 0 Å². The van der Waals surface area contributed by atoms with Crippen molar-refractivity contribution in [2.24, 2.45) is 11.8 Å². The summed E-state index contributed by atoms with van der Waals surface area (Å²) in [7, 11) is 2.02. The molecule has 15 heavy (non-hydrogen) atoms. The Labute approximate surface area is 107 Å². The van der Waals surface area contributed by atoms with Crippen LogP contribution in [0.1, 0.15) is 19.4 Å². The van der Waals surface area contributed by atoms with Gasteiger partial charge in [0, 0.05) is 3.57 Å². The Kier molecular flexibility index (Phi) is 5.61. The molecule has 84 valence electrons. The van der Waals surface area contributed by atoms with Gasteiger partial charge in [-0.15, -0.1) is 0 Å². The van der Waals surface area contributed by atoms with Crippen LogP contribution >= 0.6 is 22.6 Å². The van der Waals surface area contributed by atoms with Crippen LogP contribution in [-0.4, -0.2) is 13.6 Å². The molecule has 0 aliphatic rings. The molecule has 1 aromatic rings. The number of nitrogens with one attached hydrogen (secondary N) is 1. The van der Waals surface area contributed by atoms with Crippen LogP contribution in [0.25, 0.3) is 0 Å². The summed E-state index contributed by atoms with van der Waals surface area (Å²) in [5.41, 5.74) is 1.45. The molecule has 1 nitrogen and oxygen atoms in total. The van der Waals surface area contributed by atoms with Crippen LogP contribution < -0.4 is 5.32 Å². The lowest BCUT2D eigenvalue weighted by atomic mass is 9.90. The van der Waals surface area contributed by atoms with Gasteiger partial charge in [-0.05, 0) is 72.1 Å². The highest BCUT2D eigenvalue weighted by molar-refractivity contribution is 14.1. The Hall–Kier alpha value is -0.0900. The van der Waals surface area contributed by atoms with E-state index in [0.29, 0.717) is 0 Å². The summed E-state index contributed by atoms with van der Waals surface area (Å²) in [6.07, 6.45) is 1.18. The minimum atomic E-state index is 0.731. The summed E-state index contributed by atoms with van der Waals surface area (Å²) in [6.45, 7) is 5.75. The second kappa shape index (κ2) is 6.48. The van der Waals surface area contributed by atoms with Gasteiger partial charge in [0.15, 0.2) is 0 Å². The smallest absolute Gasteiger partial charge is 0.0130 e. The molecule has 1 rings (SSSR count). The first kappa shape index (κ1) is 13.0. The Morgan fingerprint density at radius 1 is 1.13 bits per heavy atom. The largest absolute Gasteiger partial charge is 0.319 e. The van der Waals surface area contributed by atoms with Crippen LogP contribution in [0.4, 0.5) is 0 Å². The van der Waals surface area contributed by atoms with Crippen molar-refractivity contribution in [2.75, 3.05) is 13.6 Å². The van der Waals surface area contributed by atoms with E-state index in [0.717, 1.165) is 18.4 Å². The van der Waals surface area contributed by atoms with Gasteiger partial charge in [0.2, 0.25) is 0 Å². The van der Waals surface area contributed by atoms with Crippen molar-refractivity contribution in [1.29, 1.82) is 0 Å². The summed E-state index contributed by atoms with van der Waals surface area (Å²) in [5, 5.41) is 3.24. The first-order valence-corrected chi connectivity index (χ1v) is 6.60. The molecule has 0 heterocycles. The second-order valence-corrected chi connectivity index (χ2v) is 5.59. The van der Waals surface area contributed by atoms with Crippen molar-refractivity contribution in [3.8, 4) is 0 Å². The number of halogens is 1. The van der Waals surface area contributed by atoms with E-state index in [4.69, 9.17) is 0 Å². The average molecular weight is 317 g/mol. The van der Waals surface area contributed by atoms with E-state index >= 15 is 0 Å². The molecule has 0 saturated carbocycles. The van der Waals surface area contributed by atoms with Gasteiger partial charge in [0.1, 0.15) is 0 Å². The highest BCUT2D eigenvalue weighted by Crippen LogP contribution is 2.17. The van der Waals surface area contributed by atoms with Crippen LogP contribution in [0, 0.1) is 15.4 Å². The maximum absolute atomic E-state index is 3.24. The number of hydrogen-bond donors (Lipinski definition) is 1. The third kappa shape index (κ3) is 4.51. The highest BCUT2D eigenvalue weighted by Gasteiger charge is 2.11. The first-order chi connectivity index (χ1) is 7.13. The lowest BCUT2D eigenvalue weighted by Gasteiger charge is -2.19. The zero-order valence-electron chi connectivity index (χ0n) is 9.76. The molecule has 0 saturated heterocycles. The van der Waals surface area contributed by atoms with E-state index in [-0.39, 0.29) is 0 Å².